The van der Waals surface area contributed by atoms with Crippen LogP contribution in [0.2, 0.25) is 0 Å². The van der Waals surface area contributed by atoms with Gasteiger partial charge in [-0.3, -0.25) is 4.99 Å². The van der Waals surface area contributed by atoms with E-state index in [2.05, 4.69) is 4.99 Å². The molecule has 2 rings (SSSR count). The average Bonchev–Trinajstić information content (AvgIpc) is 2.06. The standard InChI is InChI=1S/C10H9NO/c1-2-5-10-9(4-1)8-12-7-3-6-11-10/h1-5,7-8H,6H2/b7-3-,9-8-,11-10-. The van der Waals surface area contributed by atoms with E-state index in [-0.39, 0.29) is 0 Å². The number of nitrogens with zero attached hydrogens (tertiary/aromatic N) is 1. The van der Waals surface area contributed by atoms with Gasteiger partial charge in [0, 0.05) is 5.22 Å². The highest BCUT2D eigenvalue weighted by Crippen LogP contribution is 1.83. The third-order valence-electron chi connectivity index (χ3n) is 1.67. The summed E-state index contributed by atoms with van der Waals surface area (Å²) in [7, 11) is 0. The monoisotopic (exact) mass is 159 g/mol. The summed E-state index contributed by atoms with van der Waals surface area (Å²) in [6.07, 6.45) is 5.24. The normalized spacial score (nSPS) is 22.7. The largest absolute Gasteiger partial charge is 0.472 e. The zero-order valence-electron chi connectivity index (χ0n) is 6.60. The number of ether oxygens (including phenoxy) is 1. The summed E-state index contributed by atoms with van der Waals surface area (Å²) < 4.78 is 5.14. The van der Waals surface area contributed by atoms with Crippen molar-refractivity contribution in [3.05, 3.63) is 47.2 Å². The van der Waals surface area contributed by atoms with Crippen molar-refractivity contribution < 1.29 is 4.74 Å². The Kier molecular flexibility index (Phi) is 1.90. The van der Waals surface area contributed by atoms with Crippen molar-refractivity contribution in [1.29, 1.82) is 0 Å². The summed E-state index contributed by atoms with van der Waals surface area (Å²) in [4.78, 5) is 4.35. The fourth-order valence-electron chi connectivity index (χ4n) is 1.09. The Bertz CT molecular complexity index is 367. The van der Waals surface area contributed by atoms with Crippen LogP contribution in [-0.2, 0) is 4.74 Å². The zero-order valence-corrected chi connectivity index (χ0v) is 6.60. The predicted molar refractivity (Wildman–Crippen MR) is 46.8 cm³/mol. The van der Waals surface area contributed by atoms with E-state index in [0.717, 1.165) is 10.6 Å². The SMILES string of the molecule is C1=C\O/C=c2/cccc/c2=N/C/1. The van der Waals surface area contributed by atoms with Gasteiger partial charge in [0.1, 0.15) is 0 Å². The summed E-state index contributed by atoms with van der Waals surface area (Å²) in [5.74, 6) is 0. The van der Waals surface area contributed by atoms with Gasteiger partial charge in [0.05, 0.1) is 24.4 Å². The first kappa shape index (κ1) is 7.10. The van der Waals surface area contributed by atoms with E-state index in [1.807, 2.05) is 30.3 Å². The molecule has 1 aliphatic heterocycles. The lowest BCUT2D eigenvalue weighted by Gasteiger charge is -1.95. The quantitative estimate of drug-likeness (QED) is 0.543. The first-order valence-electron chi connectivity index (χ1n) is 3.87. The van der Waals surface area contributed by atoms with Crippen LogP contribution >= 0.6 is 0 Å². The second-order valence-electron chi connectivity index (χ2n) is 2.53. The van der Waals surface area contributed by atoms with Crippen LogP contribution in [-0.4, -0.2) is 6.54 Å². The van der Waals surface area contributed by atoms with Crippen molar-refractivity contribution in [1.82, 2.24) is 0 Å². The smallest absolute Gasteiger partial charge is 0.0995 e. The van der Waals surface area contributed by atoms with Crippen LogP contribution in [0.15, 0.2) is 41.6 Å². The molecule has 12 heavy (non-hydrogen) atoms. The van der Waals surface area contributed by atoms with Gasteiger partial charge >= 0.3 is 0 Å². The highest BCUT2D eigenvalue weighted by molar-refractivity contribution is 5.18. The Morgan fingerprint density at radius 3 is 3.17 bits per heavy atom. The fraction of sp³-hybridized carbons (Fsp3) is 0.100. The molecule has 1 aromatic carbocycles. The van der Waals surface area contributed by atoms with E-state index in [4.69, 9.17) is 4.74 Å². The molecule has 0 spiro atoms. The highest BCUT2D eigenvalue weighted by Gasteiger charge is 1.86. The van der Waals surface area contributed by atoms with Gasteiger partial charge in [-0.15, -0.1) is 0 Å². The van der Waals surface area contributed by atoms with E-state index >= 15 is 0 Å². The maximum absolute atomic E-state index is 5.14. The third kappa shape index (κ3) is 1.37. The first-order valence-corrected chi connectivity index (χ1v) is 3.87. The molecule has 0 saturated carbocycles. The first-order chi connectivity index (χ1) is 5.97. The van der Waals surface area contributed by atoms with E-state index in [9.17, 15) is 0 Å². The van der Waals surface area contributed by atoms with Gasteiger partial charge < -0.3 is 4.74 Å². The molecular weight excluding hydrogens is 150 g/mol. The van der Waals surface area contributed by atoms with Crippen LogP contribution < -0.4 is 10.6 Å². The number of benzene rings is 1. The van der Waals surface area contributed by atoms with Crippen molar-refractivity contribution in [3.8, 4) is 0 Å². The molecule has 0 bridgehead atoms. The summed E-state index contributed by atoms with van der Waals surface area (Å²) in [6, 6.07) is 7.91. The molecule has 0 radical (unpaired) electrons. The van der Waals surface area contributed by atoms with Gasteiger partial charge in [-0.2, -0.15) is 0 Å². The lowest BCUT2D eigenvalue weighted by atomic mass is 10.3. The van der Waals surface area contributed by atoms with Gasteiger partial charge in [-0.25, -0.2) is 0 Å². The topological polar surface area (TPSA) is 21.6 Å². The molecule has 1 aliphatic rings. The van der Waals surface area contributed by atoms with Gasteiger partial charge in [-0.1, -0.05) is 12.1 Å². The zero-order chi connectivity index (χ0) is 8.23. The van der Waals surface area contributed by atoms with Crippen molar-refractivity contribution in [2.45, 2.75) is 0 Å². The molecule has 0 aliphatic carbocycles. The Labute approximate surface area is 70.5 Å². The van der Waals surface area contributed by atoms with Crippen LogP contribution in [0.5, 0.6) is 0 Å². The number of para-hydroxylation sites is 1. The minimum atomic E-state index is 0.685. The number of fused-ring (bicyclic) bond motifs is 1. The molecule has 0 unspecified atom stereocenters. The van der Waals surface area contributed by atoms with Crippen LogP contribution in [0.1, 0.15) is 0 Å². The van der Waals surface area contributed by atoms with Gasteiger partial charge in [-0.05, 0) is 18.2 Å². The van der Waals surface area contributed by atoms with Gasteiger partial charge in [0.15, 0.2) is 0 Å². The molecule has 0 fully saturated rings. The minimum Gasteiger partial charge on any atom is -0.472 e. The van der Waals surface area contributed by atoms with Crippen molar-refractivity contribution in [3.63, 3.8) is 0 Å². The van der Waals surface area contributed by atoms with E-state index in [1.165, 1.54) is 0 Å². The van der Waals surface area contributed by atoms with E-state index < -0.39 is 0 Å². The molecule has 2 nitrogen and oxygen atoms in total. The molecule has 1 aromatic rings. The predicted octanol–water partition coefficient (Wildman–Crippen LogP) is 0.588. The Hall–Kier alpha value is -1.57. The molecule has 2 heteroatoms. The van der Waals surface area contributed by atoms with Crippen molar-refractivity contribution in [2.75, 3.05) is 6.54 Å². The second kappa shape index (κ2) is 3.22. The lowest BCUT2D eigenvalue weighted by molar-refractivity contribution is 0.457. The van der Waals surface area contributed by atoms with Gasteiger partial charge in [0.25, 0.3) is 0 Å². The molecule has 60 valence electrons. The Morgan fingerprint density at radius 2 is 2.17 bits per heavy atom. The summed E-state index contributed by atoms with van der Waals surface area (Å²) >= 11 is 0. The molecule has 0 saturated heterocycles. The third-order valence-corrected chi connectivity index (χ3v) is 1.67. The highest BCUT2D eigenvalue weighted by atomic mass is 16.5. The van der Waals surface area contributed by atoms with Crippen LogP contribution in [0.25, 0.3) is 6.26 Å². The average molecular weight is 159 g/mol. The summed E-state index contributed by atoms with van der Waals surface area (Å²) in [5, 5.41) is 2.02. The molecule has 0 aromatic heterocycles. The summed E-state index contributed by atoms with van der Waals surface area (Å²) in [6.45, 7) is 0.685. The number of rotatable bonds is 0. The molecule has 0 atom stereocenters. The van der Waals surface area contributed by atoms with Crippen LogP contribution in [0.4, 0.5) is 0 Å². The number of hydrogen-bond donors (Lipinski definition) is 0. The minimum absolute atomic E-state index is 0.685. The van der Waals surface area contributed by atoms with Crippen molar-refractivity contribution in [2.24, 2.45) is 4.99 Å². The Balaban J connectivity index is 2.66. The maximum Gasteiger partial charge on any atom is 0.0995 e. The molecule has 0 amide bonds. The lowest BCUT2D eigenvalue weighted by Crippen LogP contribution is -2.25. The second-order valence-corrected chi connectivity index (χ2v) is 2.53. The van der Waals surface area contributed by atoms with Crippen molar-refractivity contribution >= 4 is 6.26 Å². The van der Waals surface area contributed by atoms with E-state index in [0.29, 0.717) is 6.54 Å². The molecule has 0 N–H and O–H groups in total. The summed E-state index contributed by atoms with van der Waals surface area (Å²) in [5.41, 5.74) is 0. The van der Waals surface area contributed by atoms with E-state index in [1.54, 1.807) is 12.5 Å². The Morgan fingerprint density at radius 1 is 1.25 bits per heavy atom. The number of hydrogen-bond acceptors (Lipinski definition) is 2. The van der Waals surface area contributed by atoms with Crippen LogP contribution in [0.3, 0.4) is 0 Å². The van der Waals surface area contributed by atoms with Crippen LogP contribution in [0, 0.1) is 0 Å². The van der Waals surface area contributed by atoms with Gasteiger partial charge in [0.2, 0.25) is 0 Å². The maximum atomic E-state index is 5.14. The molecule has 1 heterocycles. The molecular formula is C10H9NO. The fourth-order valence-corrected chi connectivity index (χ4v) is 1.09.